The van der Waals surface area contributed by atoms with E-state index in [1.165, 1.54) is 22.3 Å². The van der Waals surface area contributed by atoms with Crippen molar-refractivity contribution >= 4 is 0 Å². The largest absolute Gasteiger partial charge is 0.504 e. The SMILES string of the molecule is COc1cc2c(cc1O)CC1c3cc(OC)c(OC)cc3CC2N1C. The molecular formula is C20H23NO4. The number of ether oxygens (including phenoxy) is 3. The third-order valence-electron chi connectivity index (χ3n) is 5.61. The lowest BCUT2D eigenvalue weighted by molar-refractivity contribution is 0.137. The molecule has 0 radical (unpaired) electrons. The molecule has 0 saturated heterocycles. The van der Waals surface area contributed by atoms with Crippen LogP contribution in [0.4, 0.5) is 0 Å². The van der Waals surface area contributed by atoms with Crippen molar-refractivity contribution in [1.82, 2.24) is 4.90 Å². The van der Waals surface area contributed by atoms with Gasteiger partial charge < -0.3 is 19.3 Å². The van der Waals surface area contributed by atoms with E-state index in [2.05, 4.69) is 24.1 Å². The van der Waals surface area contributed by atoms with Crippen LogP contribution in [0.2, 0.25) is 0 Å². The summed E-state index contributed by atoms with van der Waals surface area (Å²) >= 11 is 0. The van der Waals surface area contributed by atoms with Crippen molar-refractivity contribution in [3.8, 4) is 23.0 Å². The van der Waals surface area contributed by atoms with Gasteiger partial charge in [0.25, 0.3) is 0 Å². The van der Waals surface area contributed by atoms with Crippen molar-refractivity contribution < 1.29 is 19.3 Å². The maximum atomic E-state index is 10.2. The Morgan fingerprint density at radius 1 is 0.800 bits per heavy atom. The summed E-state index contributed by atoms with van der Waals surface area (Å²) in [6.07, 6.45) is 1.74. The molecule has 2 heterocycles. The van der Waals surface area contributed by atoms with E-state index in [0.717, 1.165) is 24.3 Å². The molecule has 0 fully saturated rings. The van der Waals surface area contributed by atoms with Crippen LogP contribution in [0.5, 0.6) is 23.0 Å². The van der Waals surface area contributed by atoms with Crippen LogP contribution >= 0.6 is 0 Å². The lowest BCUT2D eigenvalue weighted by Crippen LogP contribution is -2.40. The molecule has 0 amide bonds. The summed E-state index contributed by atoms with van der Waals surface area (Å²) in [6.45, 7) is 0. The molecule has 2 aromatic carbocycles. The predicted octanol–water partition coefficient (Wildman–Crippen LogP) is 3.24. The third kappa shape index (κ3) is 2.34. The molecule has 0 aliphatic carbocycles. The second-order valence-corrected chi connectivity index (χ2v) is 6.73. The number of likely N-dealkylation sites (N-methyl/N-ethyl adjacent to an activating group) is 1. The van der Waals surface area contributed by atoms with Crippen LogP contribution in [0.1, 0.15) is 34.3 Å². The maximum absolute atomic E-state index is 10.2. The highest BCUT2D eigenvalue weighted by molar-refractivity contribution is 5.55. The molecule has 5 nitrogen and oxygen atoms in total. The number of benzene rings is 2. The molecule has 2 bridgehead atoms. The highest BCUT2D eigenvalue weighted by Gasteiger charge is 2.39. The molecule has 4 rings (SSSR count). The summed E-state index contributed by atoms with van der Waals surface area (Å²) in [6, 6.07) is 8.55. The van der Waals surface area contributed by atoms with Gasteiger partial charge in [-0.05, 0) is 66.4 Å². The van der Waals surface area contributed by atoms with Gasteiger partial charge in [0.05, 0.1) is 21.3 Å². The van der Waals surface area contributed by atoms with Gasteiger partial charge in [0.1, 0.15) is 0 Å². The van der Waals surface area contributed by atoms with Gasteiger partial charge in [-0.3, -0.25) is 4.90 Å². The average Bonchev–Trinajstić information content (AvgIpc) is 2.61. The van der Waals surface area contributed by atoms with Gasteiger partial charge in [-0.1, -0.05) is 0 Å². The molecule has 2 unspecified atom stereocenters. The monoisotopic (exact) mass is 341 g/mol. The molecule has 25 heavy (non-hydrogen) atoms. The molecule has 5 heteroatoms. The van der Waals surface area contributed by atoms with Crippen LogP contribution in [0, 0.1) is 0 Å². The number of rotatable bonds is 3. The van der Waals surface area contributed by atoms with E-state index in [9.17, 15) is 5.11 Å². The van der Waals surface area contributed by atoms with E-state index >= 15 is 0 Å². The van der Waals surface area contributed by atoms with E-state index in [1.807, 2.05) is 12.1 Å². The zero-order chi connectivity index (χ0) is 17.7. The van der Waals surface area contributed by atoms with Crippen molar-refractivity contribution in [3.63, 3.8) is 0 Å². The summed E-state index contributed by atoms with van der Waals surface area (Å²) < 4.78 is 16.3. The first kappa shape index (κ1) is 16.1. The molecule has 0 spiro atoms. The van der Waals surface area contributed by atoms with Crippen LogP contribution in [0.15, 0.2) is 24.3 Å². The molecule has 132 valence electrons. The van der Waals surface area contributed by atoms with Gasteiger partial charge in [0, 0.05) is 12.1 Å². The minimum Gasteiger partial charge on any atom is -0.504 e. The molecule has 2 atom stereocenters. The van der Waals surface area contributed by atoms with Crippen LogP contribution in [-0.2, 0) is 12.8 Å². The fourth-order valence-electron chi connectivity index (χ4n) is 4.28. The molecular weight excluding hydrogens is 318 g/mol. The van der Waals surface area contributed by atoms with Crippen molar-refractivity contribution in [2.24, 2.45) is 0 Å². The molecule has 2 aliphatic rings. The quantitative estimate of drug-likeness (QED) is 0.929. The lowest BCUT2D eigenvalue weighted by Gasteiger charge is -2.46. The Balaban J connectivity index is 1.84. The van der Waals surface area contributed by atoms with Crippen LogP contribution in [0.3, 0.4) is 0 Å². The van der Waals surface area contributed by atoms with Crippen molar-refractivity contribution in [1.29, 1.82) is 0 Å². The van der Waals surface area contributed by atoms with Gasteiger partial charge in [-0.25, -0.2) is 0 Å². The molecule has 2 aromatic rings. The number of nitrogens with zero attached hydrogens (tertiary/aromatic N) is 1. The summed E-state index contributed by atoms with van der Waals surface area (Å²) in [5, 5.41) is 10.2. The second kappa shape index (κ2) is 5.85. The summed E-state index contributed by atoms with van der Waals surface area (Å²) in [4.78, 5) is 2.41. The van der Waals surface area contributed by atoms with Crippen molar-refractivity contribution in [2.75, 3.05) is 28.4 Å². The van der Waals surface area contributed by atoms with Crippen LogP contribution in [0.25, 0.3) is 0 Å². The second-order valence-electron chi connectivity index (χ2n) is 6.73. The van der Waals surface area contributed by atoms with Crippen molar-refractivity contribution in [3.05, 3.63) is 46.5 Å². The third-order valence-corrected chi connectivity index (χ3v) is 5.61. The van der Waals surface area contributed by atoms with Gasteiger partial charge in [0.15, 0.2) is 23.0 Å². The van der Waals surface area contributed by atoms with E-state index < -0.39 is 0 Å². The molecule has 2 aliphatic heterocycles. The average molecular weight is 341 g/mol. The predicted molar refractivity (Wildman–Crippen MR) is 94.9 cm³/mol. The van der Waals surface area contributed by atoms with E-state index in [1.54, 1.807) is 21.3 Å². The van der Waals surface area contributed by atoms with E-state index in [0.29, 0.717) is 5.75 Å². The summed E-state index contributed by atoms with van der Waals surface area (Å²) in [5.41, 5.74) is 4.99. The Labute approximate surface area is 147 Å². The topological polar surface area (TPSA) is 51.2 Å². The Morgan fingerprint density at radius 2 is 1.28 bits per heavy atom. The molecule has 0 saturated carbocycles. The Hall–Kier alpha value is -2.40. The Kier molecular flexibility index (Phi) is 3.76. The van der Waals surface area contributed by atoms with Crippen LogP contribution in [-0.4, -0.2) is 38.4 Å². The summed E-state index contributed by atoms with van der Waals surface area (Å²) in [5.74, 6) is 2.27. The first-order valence-electron chi connectivity index (χ1n) is 8.43. The van der Waals surface area contributed by atoms with Gasteiger partial charge in [-0.2, -0.15) is 0 Å². The fourth-order valence-corrected chi connectivity index (χ4v) is 4.28. The smallest absolute Gasteiger partial charge is 0.161 e. The Bertz CT molecular complexity index is 833. The lowest BCUT2D eigenvalue weighted by atomic mass is 9.76. The molecule has 1 N–H and O–H groups in total. The minimum atomic E-state index is 0.205. The van der Waals surface area contributed by atoms with Crippen LogP contribution < -0.4 is 14.2 Å². The first-order chi connectivity index (χ1) is 12.1. The number of phenols is 1. The zero-order valence-electron chi connectivity index (χ0n) is 15.0. The normalized spacial score (nSPS) is 21.3. The van der Waals surface area contributed by atoms with E-state index in [4.69, 9.17) is 14.2 Å². The summed E-state index contributed by atoms with van der Waals surface area (Å²) in [7, 11) is 7.09. The number of phenolic OH excluding ortho intramolecular Hbond substituents is 1. The van der Waals surface area contributed by atoms with Gasteiger partial charge in [0.2, 0.25) is 0 Å². The molecule has 0 aromatic heterocycles. The van der Waals surface area contributed by atoms with E-state index in [-0.39, 0.29) is 17.8 Å². The maximum Gasteiger partial charge on any atom is 0.161 e. The zero-order valence-corrected chi connectivity index (χ0v) is 15.0. The number of hydrogen-bond donors (Lipinski definition) is 1. The number of methoxy groups -OCH3 is 3. The standard InChI is InChI=1S/C20H23NO4/c1-21-15-5-11-7-17(22)18(23-2)9-13(11)16(21)6-12-8-19(24-3)20(25-4)10-14(12)15/h7-10,15-16,22H,5-6H2,1-4H3. The Morgan fingerprint density at radius 3 is 1.84 bits per heavy atom. The first-order valence-corrected chi connectivity index (χ1v) is 8.43. The number of fused-ring (bicyclic) bond motifs is 6. The highest BCUT2D eigenvalue weighted by Crippen LogP contribution is 2.50. The van der Waals surface area contributed by atoms with Crippen molar-refractivity contribution in [2.45, 2.75) is 24.9 Å². The highest BCUT2D eigenvalue weighted by atomic mass is 16.5. The number of aromatic hydroxyl groups is 1. The minimum absolute atomic E-state index is 0.205. The number of hydrogen-bond acceptors (Lipinski definition) is 5. The van der Waals surface area contributed by atoms with Gasteiger partial charge in [-0.15, -0.1) is 0 Å². The van der Waals surface area contributed by atoms with Gasteiger partial charge >= 0.3 is 0 Å². The fraction of sp³-hybridized carbons (Fsp3) is 0.400.